The first-order valence-electron chi connectivity index (χ1n) is 12.6. The second-order valence-corrected chi connectivity index (χ2v) is 10.4. The third kappa shape index (κ3) is 6.55. The first-order chi connectivity index (χ1) is 17.4. The van der Waals surface area contributed by atoms with E-state index in [0.29, 0.717) is 25.0 Å². The Kier molecular flexibility index (Phi) is 8.73. The van der Waals surface area contributed by atoms with Gasteiger partial charge in [0.05, 0.1) is 6.04 Å². The number of likely N-dealkylation sites (tertiary alicyclic amines) is 1. The molecule has 1 aromatic heterocycles. The lowest BCUT2D eigenvalue weighted by Crippen LogP contribution is -2.58. The lowest BCUT2D eigenvalue weighted by molar-refractivity contribution is -0.142. The molecule has 1 fully saturated rings. The number of aryl methyl sites for hydroxylation is 1. The van der Waals surface area contributed by atoms with Crippen LogP contribution >= 0.6 is 0 Å². The van der Waals surface area contributed by atoms with Gasteiger partial charge in [0, 0.05) is 12.6 Å². The number of amides is 3. The average molecular weight is 513 g/mol. The monoisotopic (exact) mass is 512 g/mol. The van der Waals surface area contributed by atoms with Gasteiger partial charge in [-0.15, -0.1) is 0 Å². The molecule has 37 heavy (non-hydrogen) atoms. The molecule has 2 N–H and O–H groups in total. The summed E-state index contributed by atoms with van der Waals surface area (Å²) >= 11 is 0. The highest BCUT2D eigenvalue weighted by Gasteiger charge is 2.49. The standard InChI is InChI=1S/C27H36N4O6/c1-6-7-13-21(23(32)24(33)28-18(3)19-11-9-8-10-12-19)31(26(35)36)22-15-27(4,5)16-30(22)25(34)20-14-17(2)37-29-20/h8-12,14,18,21-22H,6-7,13,15-16H2,1-5H3,(H,28,33)(H,35,36)/t18?,21-,22?/m0/s1. The van der Waals surface area contributed by atoms with Crippen molar-refractivity contribution in [3.63, 3.8) is 0 Å². The normalized spacial score (nSPS) is 18.2. The zero-order chi connectivity index (χ0) is 27.3. The zero-order valence-electron chi connectivity index (χ0n) is 22.1. The van der Waals surface area contributed by atoms with Gasteiger partial charge in [-0.05, 0) is 37.7 Å². The van der Waals surface area contributed by atoms with Crippen molar-refractivity contribution in [2.45, 2.75) is 78.6 Å². The molecule has 3 atom stereocenters. The number of unbranched alkanes of at least 4 members (excludes halogenated alkanes) is 1. The van der Waals surface area contributed by atoms with Gasteiger partial charge in [0.15, 0.2) is 5.69 Å². The molecule has 2 unspecified atom stereocenters. The summed E-state index contributed by atoms with van der Waals surface area (Å²) in [6.07, 6.45) is -0.599. The van der Waals surface area contributed by atoms with Gasteiger partial charge in [0.2, 0.25) is 5.78 Å². The molecule has 3 amide bonds. The van der Waals surface area contributed by atoms with Gasteiger partial charge in [-0.2, -0.15) is 0 Å². The van der Waals surface area contributed by atoms with E-state index < -0.39 is 47.4 Å². The summed E-state index contributed by atoms with van der Waals surface area (Å²) < 4.78 is 5.05. The lowest BCUT2D eigenvalue weighted by Gasteiger charge is -2.37. The number of benzene rings is 1. The number of aromatic nitrogens is 1. The number of ketones is 1. The minimum Gasteiger partial charge on any atom is -0.465 e. The summed E-state index contributed by atoms with van der Waals surface area (Å²) in [4.78, 5) is 54.9. The van der Waals surface area contributed by atoms with Crippen molar-refractivity contribution in [2.75, 3.05) is 6.54 Å². The Bertz CT molecular complexity index is 1130. The molecule has 2 aromatic rings. The van der Waals surface area contributed by atoms with Gasteiger partial charge in [0.25, 0.3) is 11.8 Å². The highest BCUT2D eigenvalue weighted by atomic mass is 16.5. The quantitative estimate of drug-likeness (QED) is 0.457. The molecule has 0 saturated carbocycles. The van der Waals surface area contributed by atoms with Crippen LogP contribution in [0.1, 0.15) is 81.2 Å². The average Bonchev–Trinajstić information content (AvgIpc) is 3.43. The first kappa shape index (κ1) is 27.9. The third-order valence-corrected chi connectivity index (χ3v) is 6.68. The minimum absolute atomic E-state index is 0.0661. The lowest BCUT2D eigenvalue weighted by atomic mass is 9.91. The van der Waals surface area contributed by atoms with Gasteiger partial charge >= 0.3 is 6.09 Å². The molecule has 0 aliphatic carbocycles. The Balaban J connectivity index is 1.92. The molecule has 0 radical (unpaired) electrons. The van der Waals surface area contributed by atoms with Crippen molar-refractivity contribution in [1.82, 2.24) is 20.3 Å². The molecule has 10 nitrogen and oxygen atoms in total. The van der Waals surface area contributed by atoms with Gasteiger partial charge < -0.3 is 19.8 Å². The van der Waals surface area contributed by atoms with Crippen molar-refractivity contribution in [3.8, 4) is 0 Å². The molecule has 2 heterocycles. The number of nitrogens with zero attached hydrogens (tertiary/aromatic N) is 3. The van der Waals surface area contributed by atoms with Gasteiger partial charge in [-0.25, -0.2) is 4.79 Å². The van der Waals surface area contributed by atoms with Crippen LogP contribution in [0.4, 0.5) is 4.79 Å². The topological polar surface area (TPSA) is 133 Å². The summed E-state index contributed by atoms with van der Waals surface area (Å²) in [7, 11) is 0. The van der Waals surface area contributed by atoms with E-state index in [1.54, 1.807) is 13.8 Å². The number of carbonyl (C=O) groups is 4. The van der Waals surface area contributed by atoms with Crippen molar-refractivity contribution in [3.05, 3.63) is 53.4 Å². The Morgan fingerprint density at radius 1 is 1.24 bits per heavy atom. The number of Topliss-reactive ketones (excluding diaryl/α,β-unsaturated/α-hetero) is 1. The number of nitrogens with one attached hydrogen (secondary N) is 1. The van der Waals surface area contributed by atoms with E-state index in [-0.39, 0.29) is 18.7 Å². The van der Waals surface area contributed by atoms with Crippen LogP contribution < -0.4 is 5.32 Å². The van der Waals surface area contributed by atoms with Gasteiger partial charge in [-0.1, -0.05) is 69.1 Å². The molecule has 1 saturated heterocycles. The Hall–Kier alpha value is -3.69. The van der Waals surface area contributed by atoms with E-state index in [9.17, 15) is 24.3 Å². The number of carboxylic acid groups (broad SMARTS) is 1. The number of rotatable bonds is 10. The highest BCUT2D eigenvalue weighted by molar-refractivity contribution is 6.38. The maximum atomic E-state index is 13.5. The maximum absolute atomic E-state index is 13.5. The molecular formula is C27H36N4O6. The Labute approximate surface area is 217 Å². The van der Waals surface area contributed by atoms with Crippen LogP contribution in [0.5, 0.6) is 0 Å². The van der Waals surface area contributed by atoms with Crippen molar-refractivity contribution < 1.29 is 28.8 Å². The summed E-state index contributed by atoms with van der Waals surface area (Å²) in [5, 5.41) is 16.8. The van der Waals surface area contributed by atoms with Crippen molar-refractivity contribution in [2.24, 2.45) is 5.41 Å². The van der Waals surface area contributed by atoms with Crippen LogP contribution in [0.15, 0.2) is 40.9 Å². The van der Waals surface area contributed by atoms with E-state index >= 15 is 0 Å². The number of hydrogen-bond acceptors (Lipinski definition) is 6. The summed E-state index contributed by atoms with van der Waals surface area (Å²) in [6.45, 7) is 9.46. The van der Waals surface area contributed by atoms with Gasteiger partial charge in [0.1, 0.15) is 18.0 Å². The fourth-order valence-corrected chi connectivity index (χ4v) is 4.81. The summed E-state index contributed by atoms with van der Waals surface area (Å²) in [6, 6.07) is 9.00. The highest BCUT2D eigenvalue weighted by Crippen LogP contribution is 2.38. The first-order valence-corrected chi connectivity index (χ1v) is 12.6. The Morgan fingerprint density at radius 3 is 2.49 bits per heavy atom. The number of hydrogen-bond donors (Lipinski definition) is 2. The molecular weight excluding hydrogens is 476 g/mol. The molecule has 10 heteroatoms. The molecule has 1 aliphatic heterocycles. The van der Waals surface area contributed by atoms with Gasteiger partial charge in [-0.3, -0.25) is 19.3 Å². The molecule has 1 aliphatic rings. The van der Waals surface area contributed by atoms with Crippen LogP contribution in [0.3, 0.4) is 0 Å². The molecule has 0 spiro atoms. The second kappa shape index (κ2) is 11.6. The number of carbonyl (C=O) groups excluding carboxylic acids is 3. The fraction of sp³-hybridized carbons (Fsp3) is 0.519. The van der Waals surface area contributed by atoms with Crippen LogP contribution in [0.2, 0.25) is 0 Å². The van der Waals surface area contributed by atoms with Crippen molar-refractivity contribution in [1.29, 1.82) is 0 Å². The van der Waals surface area contributed by atoms with E-state index in [0.717, 1.165) is 10.5 Å². The predicted octanol–water partition coefficient (Wildman–Crippen LogP) is 4.17. The third-order valence-electron chi connectivity index (χ3n) is 6.68. The molecule has 0 bridgehead atoms. The molecule has 200 valence electrons. The van der Waals surface area contributed by atoms with E-state index in [4.69, 9.17) is 4.52 Å². The minimum atomic E-state index is -1.37. The largest absolute Gasteiger partial charge is 0.465 e. The van der Waals surface area contributed by atoms with E-state index in [1.807, 2.05) is 51.1 Å². The summed E-state index contributed by atoms with van der Waals surface area (Å²) in [5.74, 6) is -1.73. The zero-order valence-corrected chi connectivity index (χ0v) is 22.1. The summed E-state index contributed by atoms with van der Waals surface area (Å²) in [5.41, 5.74) is 0.465. The fourth-order valence-electron chi connectivity index (χ4n) is 4.81. The maximum Gasteiger partial charge on any atom is 0.409 e. The molecule has 3 rings (SSSR count). The predicted molar refractivity (Wildman–Crippen MR) is 136 cm³/mol. The van der Waals surface area contributed by atoms with E-state index in [2.05, 4.69) is 10.5 Å². The van der Waals surface area contributed by atoms with Crippen LogP contribution in [-0.4, -0.2) is 62.5 Å². The van der Waals surface area contributed by atoms with Crippen molar-refractivity contribution >= 4 is 23.7 Å². The van der Waals surface area contributed by atoms with Crippen LogP contribution in [0, 0.1) is 12.3 Å². The smallest absolute Gasteiger partial charge is 0.409 e. The van der Waals surface area contributed by atoms with Crippen LogP contribution in [-0.2, 0) is 9.59 Å². The van der Waals surface area contributed by atoms with E-state index in [1.165, 1.54) is 11.0 Å². The SMILES string of the molecule is CCCC[C@@H](C(=O)C(=O)NC(C)c1ccccc1)N(C(=O)O)C1CC(C)(C)CN1C(=O)c1cc(C)on1. The Morgan fingerprint density at radius 2 is 1.92 bits per heavy atom. The second-order valence-electron chi connectivity index (χ2n) is 10.4. The van der Waals surface area contributed by atoms with Crippen LogP contribution in [0.25, 0.3) is 0 Å². The molecule has 1 aromatic carbocycles.